The van der Waals surface area contributed by atoms with Gasteiger partial charge in [0, 0.05) is 10.9 Å². The number of amides is 1. The monoisotopic (exact) mass is 354 g/mol. The van der Waals surface area contributed by atoms with E-state index in [0.29, 0.717) is 18.1 Å². The van der Waals surface area contributed by atoms with Crippen molar-refractivity contribution in [1.82, 2.24) is 5.32 Å². The summed E-state index contributed by atoms with van der Waals surface area (Å²) < 4.78 is 6.29. The molecule has 0 radical (unpaired) electrons. The minimum atomic E-state index is 0.0595. The van der Waals surface area contributed by atoms with Gasteiger partial charge in [-0.3, -0.25) is 4.79 Å². The van der Waals surface area contributed by atoms with Gasteiger partial charge < -0.3 is 15.4 Å². The van der Waals surface area contributed by atoms with Crippen LogP contribution in [0.5, 0.6) is 5.75 Å². The van der Waals surface area contributed by atoms with E-state index in [1.54, 1.807) is 7.11 Å². The Balaban J connectivity index is 1.93. The van der Waals surface area contributed by atoms with Gasteiger partial charge in [-0.25, -0.2) is 0 Å². The molecule has 116 valence electrons. The Morgan fingerprint density at radius 3 is 3.00 bits per heavy atom. The van der Waals surface area contributed by atoms with Gasteiger partial charge in [0.25, 0.3) is 0 Å². The van der Waals surface area contributed by atoms with Crippen LogP contribution in [0.2, 0.25) is 0 Å². The summed E-state index contributed by atoms with van der Waals surface area (Å²) >= 11 is 3.44. The van der Waals surface area contributed by atoms with Crippen molar-refractivity contribution in [2.75, 3.05) is 25.5 Å². The number of carbonyl (C=O) groups excluding carboxylic acids is 1. The fourth-order valence-corrected chi connectivity index (χ4v) is 3.29. The van der Waals surface area contributed by atoms with E-state index in [-0.39, 0.29) is 5.91 Å². The number of aryl methyl sites for hydroxylation is 1. The van der Waals surface area contributed by atoms with Crippen LogP contribution >= 0.6 is 15.9 Å². The third-order valence-electron chi connectivity index (χ3n) is 3.93. The van der Waals surface area contributed by atoms with Gasteiger partial charge in [-0.1, -0.05) is 15.9 Å². The van der Waals surface area contributed by atoms with Crippen molar-refractivity contribution in [1.29, 1.82) is 0 Å². The Morgan fingerprint density at radius 1 is 1.52 bits per heavy atom. The molecular formula is C16H23BrN2O2. The van der Waals surface area contributed by atoms with E-state index < -0.39 is 0 Å². The van der Waals surface area contributed by atoms with E-state index >= 15 is 0 Å². The van der Waals surface area contributed by atoms with E-state index in [4.69, 9.17) is 4.74 Å². The standard InChI is InChI=1S/C16H23BrN2O2/c1-11-8-13(17)9-14(21-2)16(11)19-15(20)6-5-12-4-3-7-18-10-12/h8-9,12,18H,3-7,10H2,1-2H3,(H,19,20). The summed E-state index contributed by atoms with van der Waals surface area (Å²) in [6.45, 7) is 4.11. The van der Waals surface area contributed by atoms with Gasteiger partial charge in [-0.15, -0.1) is 0 Å². The number of nitrogens with one attached hydrogen (secondary N) is 2. The maximum absolute atomic E-state index is 12.2. The van der Waals surface area contributed by atoms with Crippen LogP contribution in [0.15, 0.2) is 16.6 Å². The highest BCUT2D eigenvalue weighted by atomic mass is 79.9. The Hall–Kier alpha value is -1.07. The van der Waals surface area contributed by atoms with E-state index in [0.717, 1.165) is 35.2 Å². The average Bonchev–Trinajstić information content (AvgIpc) is 2.48. The Labute approximate surface area is 134 Å². The van der Waals surface area contributed by atoms with E-state index in [1.165, 1.54) is 12.8 Å². The minimum absolute atomic E-state index is 0.0595. The highest BCUT2D eigenvalue weighted by Gasteiger charge is 2.16. The summed E-state index contributed by atoms with van der Waals surface area (Å²) in [6, 6.07) is 3.84. The predicted octanol–water partition coefficient (Wildman–Crippen LogP) is 3.48. The molecule has 1 unspecified atom stereocenters. The van der Waals surface area contributed by atoms with Gasteiger partial charge in [0.1, 0.15) is 5.75 Å². The Bertz CT molecular complexity index is 499. The quantitative estimate of drug-likeness (QED) is 0.850. The van der Waals surface area contributed by atoms with Crippen molar-refractivity contribution < 1.29 is 9.53 Å². The lowest BCUT2D eigenvalue weighted by molar-refractivity contribution is -0.116. The van der Waals surface area contributed by atoms with Gasteiger partial charge in [-0.2, -0.15) is 0 Å². The predicted molar refractivity (Wildman–Crippen MR) is 88.9 cm³/mol. The number of rotatable bonds is 5. The summed E-state index contributed by atoms with van der Waals surface area (Å²) in [4.78, 5) is 12.2. The van der Waals surface area contributed by atoms with E-state index in [2.05, 4.69) is 26.6 Å². The highest BCUT2D eigenvalue weighted by molar-refractivity contribution is 9.10. The second-order valence-corrected chi connectivity index (χ2v) is 6.51. The van der Waals surface area contributed by atoms with Crippen molar-refractivity contribution in [3.63, 3.8) is 0 Å². The van der Waals surface area contributed by atoms with Crippen LogP contribution in [-0.2, 0) is 4.79 Å². The maximum atomic E-state index is 12.2. The number of methoxy groups -OCH3 is 1. The molecule has 1 saturated heterocycles. The highest BCUT2D eigenvalue weighted by Crippen LogP contribution is 2.32. The molecule has 0 saturated carbocycles. The Morgan fingerprint density at radius 2 is 2.33 bits per heavy atom. The molecule has 0 aromatic heterocycles. The first-order chi connectivity index (χ1) is 10.1. The van der Waals surface area contributed by atoms with Crippen molar-refractivity contribution in [2.45, 2.75) is 32.6 Å². The SMILES string of the molecule is COc1cc(Br)cc(C)c1NC(=O)CCC1CCCNC1. The molecule has 0 bridgehead atoms. The van der Waals surface area contributed by atoms with Crippen LogP contribution < -0.4 is 15.4 Å². The number of carbonyl (C=O) groups is 1. The van der Waals surface area contributed by atoms with Crippen molar-refractivity contribution in [3.8, 4) is 5.75 Å². The number of hydrogen-bond donors (Lipinski definition) is 2. The van der Waals surface area contributed by atoms with Gasteiger partial charge >= 0.3 is 0 Å². The summed E-state index contributed by atoms with van der Waals surface area (Å²) in [5, 5.41) is 6.38. The smallest absolute Gasteiger partial charge is 0.224 e. The zero-order valence-corrected chi connectivity index (χ0v) is 14.3. The third-order valence-corrected chi connectivity index (χ3v) is 4.38. The largest absolute Gasteiger partial charge is 0.495 e. The molecule has 2 N–H and O–H groups in total. The number of halogens is 1. The minimum Gasteiger partial charge on any atom is -0.495 e. The zero-order chi connectivity index (χ0) is 15.2. The molecular weight excluding hydrogens is 332 g/mol. The number of anilines is 1. The molecule has 21 heavy (non-hydrogen) atoms. The number of hydrogen-bond acceptors (Lipinski definition) is 3. The number of benzene rings is 1. The van der Waals surface area contributed by atoms with E-state index in [1.807, 2.05) is 19.1 Å². The molecule has 1 aliphatic rings. The molecule has 5 heteroatoms. The molecule has 1 aliphatic heterocycles. The maximum Gasteiger partial charge on any atom is 0.224 e. The van der Waals surface area contributed by atoms with Crippen LogP contribution in [0.4, 0.5) is 5.69 Å². The summed E-state index contributed by atoms with van der Waals surface area (Å²) in [7, 11) is 1.62. The number of ether oxygens (including phenoxy) is 1. The molecule has 2 rings (SSSR count). The van der Waals surface area contributed by atoms with Crippen LogP contribution in [-0.4, -0.2) is 26.1 Å². The zero-order valence-electron chi connectivity index (χ0n) is 12.7. The lowest BCUT2D eigenvalue weighted by atomic mass is 9.94. The van der Waals surface area contributed by atoms with Crippen LogP contribution in [0.3, 0.4) is 0 Å². The third kappa shape index (κ3) is 4.71. The lowest BCUT2D eigenvalue weighted by Crippen LogP contribution is -2.30. The van der Waals surface area contributed by atoms with Gasteiger partial charge in [0.15, 0.2) is 0 Å². The first kappa shape index (κ1) is 16.3. The molecule has 1 atom stereocenters. The fourth-order valence-electron chi connectivity index (χ4n) is 2.74. The van der Waals surface area contributed by atoms with Crippen LogP contribution in [0, 0.1) is 12.8 Å². The summed E-state index contributed by atoms with van der Waals surface area (Å²) in [5.41, 5.74) is 1.77. The van der Waals surface area contributed by atoms with Gasteiger partial charge in [0.2, 0.25) is 5.91 Å². The molecule has 1 aromatic carbocycles. The molecule has 1 heterocycles. The molecule has 4 nitrogen and oxygen atoms in total. The molecule has 1 amide bonds. The molecule has 0 aliphatic carbocycles. The molecule has 1 aromatic rings. The van der Waals surface area contributed by atoms with E-state index in [9.17, 15) is 4.79 Å². The topological polar surface area (TPSA) is 50.4 Å². The second-order valence-electron chi connectivity index (χ2n) is 5.60. The summed E-state index contributed by atoms with van der Waals surface area (Å²) in [6.07, 6.45) is 3.94. The van der Waals surface area contributed by atoms with Crippen LogP contribution in [0.1, 0.15) is 31.2 Å². The summed E-state index contributed by atoms with van der Waals surface area (Å²) in [5.74, 6) is 1.37. The molecule has 0 spiro atoms. The van der Waals surface area contributed by atoms with Gasteiger partial charge in [-0.05, 0) is 62.9 Å². The second kappa shape index (κ2) is 7.80. The average molecular weight is 355 g/mol. The Kier molecular flexibility index (Phi) is 6.06. The molecule has 1 fully saturated rings. The van der Waals surface area contributed by atoms with Crippen LogP contribution in [0.25, 0.3) is 0 Å². The van der Waals surface area contributed by atoms with Crippen molar-refractivity contribution >= 4 is 27.5 Å². The normalized spacial score (nSPS) is 18.3. The first-order valence-corrected chi connectivity index (χ1v) is 8.24. The fraction of sp³-hybridized carbons (Fsp3) is 0.562. The van der Waals surface area contributed by atoms with Crippen molar-refractivity contribution in [3.05, 3.63) is 22.2 Å². The lowest BCUT2D eigenvalue weighted by Gasteiger charge is -2.22. The van der Waals surface area contributed by atoms with Gasteiger partial charge in [0.05, 0.1) is 12.8 Å². The number of piperidine rings is 1. The first-order valence-electron chi connectivity index (χ1n) is 7.45. The van der Waals surface area contributed by atoms with Crippen molar-refractivity contribution in [2.24, 2.45) is 5.92 Å².